The quantitative estimate of drug-likeness (QED) is 0.886. The molecular formula is C16H18N4O3. The number of aromatic nitrogens is 3. The molecule has 2 aromatic rings. The minimum atomic E-state index is -0.325. The molecule has 7 heteroatoms. The van der Waals surface area contributed by atoms with Gasteiger partial charge in [0.2, 0.25) is 5.88 Å². The second-order valence-corrected chi connectivity index (χ2v) is 5.54. The van der Waals surface area contributed by atoms with E-state index in [0.29, 0.717) is 5.88 Å². The monoisotopic (exact) mass is 314 g/mol. The Morgan fingerprint density at radius 2 is 2.00 bits per heavy atom. The topological polar surface area (TPSA) is 97.0 Å². The molecule has 1 aliphatic carbocycles. The number of hydrogen-bond donors (Lipinski definition) is 2. The molecule has 1 amide bonds. The summed E-state index contributed by atoms with van der Waals surface area (Å²) in [6.45, 7) is 0. The van der Waals surface area contributed by atoms with E-state index in [9.17, 15) is 9.59 Å². The molecule has 120 valence electrons. The van der Waals surface area contributed by atoms with E-state index in [2.05, 4.69) is 20.5 Å². The number of H-pyrrole nitrogens is 1. The molecule has 0 bridgehead atoms. The standard InChI is InChI=1S/C16H18N4O3/c21-14-9-8-13(19-20-14)16(22)18-11-4-6-12(7-5-11)23-15-3-1-2-10-17-15/h1-3,8-12H,4-7H2,(H,18,22)(H,20,21). The van der Waals surface area contributed by atoms with Crippen LogP contribution in [0.25, 0.3) is 0 Å². The van der Waals surface area contributed by atoms with E-state index in [4.69, 9.17) is 4.74 Å². The van der Waals surface area contributed by atoms with Gasteiger partial charge >= 0.3 is 0 Å². The van der Waals surface area contributed by atoms with Crippen LogP contribution < -0.4 is 15.6 Å². The summed E-state index contributed by atoms with van der Waals surface area (Å²) >= 11 is 0. The first-order chi connectivity index (χ1) is 11.2. The lowest BCUT2D eigenvalue weighted by molar-refractivity contribution is 0.0884. The fraction of sp³-hybridized carbons (Fsp3) is 0.375. The average Bonchev–Trinajstić information content (AvgIpc) is 2.58. The van der Waals surface area contributed by atoms with E-state index in [0.717, 1.165) is 25.7 Å². The van der Waals surface area contributed by atoms with E-state index >= 15 is 0 Å². The van der Waals surface area contributed by atoms with Gasteiger partial charge in [-0.1, -0.05) is 6.07 Å². The molecule has 0 radical (unpaired) electrons. The Hall–Kier alpha value is -2.70. The van der Waals surface area contributed by atoms with Crippen LogP contribution >= 0.6 is 0 Å². The molecule has 0 aromatic carbocycles. The van der Waals surface area contributed by atoms with Gasteiger partial charge in [0.1, 0.15) is 11.8 Å². The highest BCUT2D eigenvalue weighted by Crippen LogP contribution is 2.22. The summed E-state index contributed by atoms with van der Waals surface area (Å²) < 4.78 is 5.83. The predicted octanol–water partition coefficient (Wildman–Crippen LogP) is 1.28. The SMILES string of the molecule is O=C(NC1CCC(Oc2ccccn2)CC1)c1ccc(=O)[nH]n1. The van der Waals surface area contributed by atoms with E-state index in [1.165, 1.54) is 12.1 Å². The van der Waals surface area contributed by atoms with Crippen molar-refractivity contribution in [2.75, 3.05) is 0 Å². The summed E-state index contributed by atoms with van der Waals surface area (Å²) in [4.78, 5) is 27.2. The average molecular weight is 314 g/mol. The zero-order valence-corrected chi connectivity index (χ0v) is 12.6. The maximum atomic E-state index is 12.1. The Balaban J connectivity index is 1.48. The van der Waals surface area contributed by atoms with Gasteiger partial charge in [-0.05, 0) is 37.8 Å². The Bertz CT molecular complexity index is 688. The van der Waals surface area contributed by atoms with Crippen molar-refractivity contribution < 1.29 is 9.53 Å². The van der Waals surface area contributed by atoms with Crippen LogP contribution in [0, 0.1) is 0 Å². The number of nitrogens with zero attached hydrogens (tertiary/aromatic N) is 2. The van der Waals surface area contributed by atoms with Crippen molar-refractivity contribution in [3.05, 3.63) is 52.6 Å². The third-order valence-electron chi connectivity index (χ3n) is 3.85. The number of hydrogen-bond acceptors (Lipinski definition) is 5. The lowest BCUT2D eigenvalue weighted by atomic mass is 9.93. The van der Waals surface area contributed by atoms with E-state index in [-0.39, 0.29) is 29.3 Å². The van der Waals surface area contributed by atoms with Crippen LogP contribution in [0.1, 0.15) is 36.2 Å². The summed E-state index contributed by atoms with van der Waals surface area (Å²) in [5.41, 5.74) is -0.106. The summed E-state index contributed by atoms with van der Waals surface area (Å²) in [7, 11) is 0. The lowest BCUT2D eigenvalue weighted by Gasteiger charge is -2.29. The van der Waals surface area contributed by atoms with Crippen LogP contribution in [-0.4, -0.2) is 33.2 Å². The molecule has 1 fully saturated rings. The van der Waals surface area contributed by atoms with Crippen LogP contribution in [-0.2, 0) is 0 Å². The molecule has 23 heavy (non-hydrogen) atoms. The summed E-state index contributed by atoms with van der Waals surface area (Å²) in [5, 5.41) is 8.94. The van der Waals surface area contributed by atoms with Crippen molar-refractivity contribution in [3.63, 3.8) is 0 Å². The minimum Gasteiger partial charge on any atom is -0.474 e. The van der Waals surface area contributed by atoms with E-state index in [1.54, 1.807) is 6.20 Å². The number of pyridine rings is 1. The molecule has 7 nitrogen and oxygen atoms in total. The van der Waals surface area contributed by atoms with E-state index in [1.807, 2.05) is 18.2 Å². The zero-order valence-electron chi connectivity index (χ0n) is 12.6. The van der Waals surface area contributed by atoms with Gasteiger partial charge in [-0.3, -0.25) is 9.59 Å². The number of rotatable bonds is 4. The van der Waals surface area contributed by atoms with Crippen molar-refractivity contribution in [2.24, 2.45) is 0 Å². The number of amides is 1. The number of ether oxygens (including phenoxy) is 1. The smallest absolute Gasteiger partial charge is 0.271 e. The van der Waals surface area contributed by atoms with Crippen molar-refractivity contribution in [3.8, 4) is 5.88 Å². The molecule has 1 saturated carbocycles. The second-order valence-electron chi connectivity index (χ2n) is 5.54. The summed E-state index contributed by atoms with van der Waals surface area (Å²) in [6.07, 6.45) is 5.24. The first-order valence-corrected chi connectivity index (χ1v) is 7.65. The van der Waals surface area contributed by atoms with Crippen molar-refractivity contribution >= 4 is 5.91 Å². The largest absolute Gasteiger partial charge is 0.474 e. The first-order valence-electron chi connectivity index (χ1n) is 7.65. The molecular weight excluding hydrogens is 296 g/mol. The Morgan fingerprint density at radius 3 is 2.65 bits per heavy atom. The summed E-state index contributed by atoms with van der Waals surface area (Å²) in [5.74, 6) is 0.368. The number of carbonyl (C=O) groups excluding carboxylic acids is 1. The van der Waals surface area contributed by atoms with Crippen LogP contribution in [0.2, 0.25) is 0 Å². The number of aromatic amines is 1. The minimum absolute atomic E-state index is 0.0970. The van der Waals surface area contributed by atoms with Gasteiger partial charge in [0, 0.05) is 24.4 Å². The highest BCUT2D eigenvalue weighted by molar-refractivity contribution is 5.92. The van der Waals surface area contributed by atoms with Crippen molar-refractivity contribution in [1.82, 2.24) is 20.5 Å². The maximum Gasteiger partial charge on any atom is 0.271 e. The fourth-order valence-electron chi connectivity index (χ4n) is 2.64. The molecule has 2 heterocycles. The molecule has 2 N–H and O–H groups in total. The maximum absolute atomic E-state index is 12.1. The molecule has 0 saturated heterocycles. The van der Waals surface area contributed by atoms with Gasteiger partial charge in [0.05, 0.1) is 0 Å². The molecule has 0 spiro atoms. The normalized spacial score (nSPS) is 20.7. The van der Waals surface area contributed by atoms with Gasteiger partial charge in [0.15, 0.2) is 0 Å². The molecule has 0 atom stereocenters. The van der Waals surface area contributed by atoms with Crippen molar-refractivity contribution in [2.45, 2.75) is 37.8 Å². The number of nitrogens with one attached hydrogen (secondary N) is 2. The van der Waals surface area contributed by atoms with Gasteiger partial charge in [-0.15, -0.1) is 0 Å². The number of carbonyl (C=O) groups is 1. The molecule has 3 rings (SSSR count). The molecule has 0 unspecified atom stereocenters. The Kier molecular flexibility index (Phi) is 4.65. The first kappa shape index (κ1) is 15.2. The third kappa shape index (κ3) is 4.15. The lowest BCUT2D eigenvalue weighted by Crippen LogP contribution is -2.40. The van der Waals surface area contributed by atoms with Crippen LogP contribution in [0.5, 0.6) is 5.88 Å². The van der Waals surface area contributed by atoms with E-state index < -0.39 is 0 Å². The molecule has 2 aromatic heterocycles. The van der Waals surface area contributed by atoms with Gasteiger partial charge in [-0.2, -0.15) is 5.10 Å². The van der Waals surface area contributed by atoms with Gasteiger partial charge in [0.25, 0.3) is 11.5 Å². The van der Waals surface area contributed by atoms with Crippen LogP contribution in [0.15, 0.2) is 41.3 Å². The fourth-order valence-corrected chi connectivity index (χ4v) is 2.64. The van der Waals surface area contributed by atoms with Crippen molar-refractivity contribution in [1.29, 1.82) is 0 Å². The summed E-state index contributed by atoms with van der Waals surface area (Å²) in [6, 6.07) is 8.40. The zero-order chi connectivity index (χ0) is 16.1. The van der Waals surface area contributed by atoms with Gasteiger partial charge in [-0.25, -0.2) is 10.1 Å². The van der Waals surface area contributed by atoms with Crippen LogP contribution in [0.3, 0.4) is 0 Å². The van der Waals surface area contributed by atoms with Gasteiger partial charge < -0.3 is 10.1 Å². The second kappa shape index (κ2) is 7.04. The highest BCUT2D eigenvalue weighted by atomic mass is 16.5. The Morgan fingerprint density at radius 1 is 1.17 bits per heavy atom. The highest BCUT2D eigenvalue weighted by Gasteiger charge is 2.24. The predicted molar refractivity (Wildman–Crippen MR) is 83.2 cm³/mol. The third-order valence-corrected chi connectivity index (χ3v) is 3.85. The Labute approximate surface area is 133 Å². The molecule has 1 aliphatic rings. The van der Waals surface area contributed by atoms with Crippen LogP contribution in [0.4, 0.5) is 0 Å². The molecule has 0 aliphatic heterocycles.